The van der Waals surface area contributed by atoms with Crippen molar-refractivity contribution in [2.24, 2.45) is 0 Å². The zero-order valence-electron chi connectivity index (χ0n) is 12.7. The molecule has 0 saturated carbocycles. The van der Waals surface area contributed by atoms with Crippen LogP contribution in [0, 0.1) is 6.92 Å². The first-order chi connectivity index (χ1) is 10.2. The monoisotopic (exact) mass is 303 g/mol. The summed E-state index contributed by atoms with van der Waals surface area (Å²) in [6.07, 6.45) is 1.02. The minimum atomic E-state index is 0.587. The van der Waals surface area contributed by atoms with Gasteiger partial charge in [0, 0.05) is 5.02 Å². The quantitative estimate of drug-likeness (QED) is 0.766. The Morgan fingerprint density at radius 1 is 1.10 bits per heavy atom. The number of aryl methyl sites for hydroxylation is 1. The van der Waals surface area contributed by atoms with Crippen LogP contribution in [0.15, 0.2) is 42.5 Å². The highest BCUT2D eigenvalue weighted by molar-refractivity contribution is 6.31. The molecule has 0 amide bonds. The average molecular weight is 304 g/mol. The maximum atomic E-state index is 6.03. The third-order valence-corrected chi connectivity index (χ3v) is 3.89. The number of benzene rings is 2. The molecule has 2 nitrogen and oxygen atoms in total. The zero-order valence-corrected chi connectivity index (χ0v) is 13.4. The fraction of sp³-hybridized carbons (Fsp3) is 0.333. The highest BCUT2D eigenvalue weighted by Crippen LogP contribution is 2.22. The summed E-state index contributed by atoms with van der Waals surface area (Å²) in [6.45, 7) is 6.69. The molecule has 112 valence electrons. The highest BCUT2D eigenvalue weighted by atomic mass is 35.5. The molecule has 0 heterocycles. The molecular formula is C18H22ClNO. The van der Waals surface area contributed by atoms with E-state index >= 15 is 0 Å². The molecule has 0 fully saturated rings. The minimum Gasteiger partial charge on any atom is -0.489 e. The van der Waals surface area contributed by atoms with Crippen molar-refractivity contribution in [3.8, 4) is 5.75 Å². The molecule has 0 aliphatic rings. The Balaban J connectivity index is 2.00. The van der Waals surface area contributed by atoms with Crippen LogP contribution in [0.2, 0.25) is 5.02 Å². The summed E-state index contributed by atoms with van der Waals surface area (Å²) in [6, 6.07) is 14.2. The minimum absolute atomic E-state index is 0.587. The van der Waals surface area contributed by atoms with Crippen LogP contribution in [0.3, 0.4) is 0 Å². The van der Waals surface area contributed by atoms with Crippen molar-refractivity contribution in [1.82, 2.24) is 5.32 Å². The average Bonchev–Trinajstić information content (AvgIpc) is 2.50. The Labute approximate surface area is 132 Å². The molecule has 3 heteroatoms. The van der Waals surface area contributed by atoms with Crippen LogP contribution < -0.4 is 10.1 Å². The number of hydrogen-bond acceptors (Lipinski definition) is 2. The normalized spacial score (nSPS) is 10.6. The molecule has 1 N–H and O–H groups in total. The Hall–Kier alpha value is -1.51. The summed E-state index contributed by atoms with van der Waals surface area (Å²) in [7, 11) is 0. The van der Waals surface area contributed by atoms with Gasteiger partial charge < -0.3 is 10.1 Å². The molecule has 2 aromatic carbocycles. The van der Waals surface area contributed by atoms with Gasteiger partial charge in [0.1, 0.15) is 12.4 Å². The summed E-state index contributed by atoms with van der Waals surface area (Å²) < 4.78 is 5.90. The van der Waals surface area contributed by atoms with E-state index in [2.05, 4.69) is 36.5 Å². The number of nitrogens with one attached hydrogen (secondary N) is 1. The van der Waals surface area contributed by atoms with Crippen LogP contribution in [0.5, 0.6) is 5.75 Å². The number of hydrogen-bond donors (Lipinski definition) is 1. The maximum absolute atomic E-state index is 6.03. The number of halogens is 1. The molecule has 21 heavy (non-hydrogen) atoms. The Kier molecular flexibility index (Phi) is 6.09. The van der Waals surface area contributed by atoms with E-state index in [1.54, 1.807) is 0 Å². The van der Waals surface area contributed by atoms with E-state index in [0.29, 0.717) is 6.61 Å². The lowest BCUT2D eigenvalue weighted by Gasteiger charge is -2.12. The molecule has 0 aliphatic heterocycles. The van der Waals surface area contributed by atoms with Gasteiger partial charge in [0.25, 0.3) is 0 Å². The molecule has 0 aliphatic carbocycles. The predicted octanol–water partition coefficient (Wildman–Crippen LogP) is 4.38. The lowest BCUT2D eigenvalue weighted by atomic mass is 10.1. The van der Waals surface area contributed by atoms with Crippen molar-refractivity contribution in [2.75, 3.05) is 13.1 Å². The zero-order chi connectivity index (χ0) is 15.1. The second kappa shape index (κ2) is 8.06. The topological polar surface area (TPSA) is 21.3 Å². The van der Waals surface area contributed by atoms with Crippen molar-refractivity contribution < 1.29 is 4.74 Å². The Morgan fingerprint density at radius 2 is 1.86 bits per heavy atom. The van der Waals surface area contributed by atoms with Crippen LogP contribution in [0.1, 0.15) is 23.6 Å². The van der Waals surface area contributed by atoms with Crippen molar-refractivity contribution in [3.05, 3.63) is 64.2 Å². The Bertz CT molecular complexity index is 583. The van der Waals surface area contributed by atoms with Gasteiger partial charge in [-0.05, 0) is 61.3 Å². The van der Waals surface area contributed by atoms with E-state index in [1.165, 1.54) is 11.1 Å². The van der Waals surface area contributed by atoms with Gasteiger partial charge in [0.15, 0.2) is 0 Å². The standard InChI is InChI=1S/C18H22ClNO/c1-3-20-11-10-15-6-4-5-7-16(15)13-21-17-8-9-18(19)14(2)12-17/h4-9,12,20H,3,10-11,13H2,1-2H3. The first-order valence-corrected chi connectivity index (χ1v) is 7.75. The van der Waals surface area contributed by atoms with Gasteiger partial charge in [-0.3, -0.25) is 0 Å². The largest absolute Gasteiger partial charge is 0.489 e. The van der Waals surface area contributed by atoms with Gasteiger partial charge in [-0.25, -0.2) is 0 Å². The molecule has 0 unspecified atom stereocenters. The van der Waals surface area contributed by atoms with E-state index in [4.69, 9.17) is 16.3 Å². The summed E-state index contributed by atoms with van der Waals surface area (Å²) >= 11 is 6.03. The lowest BCUT2D eigenvalue weighted by Crippen LogP contribution is -2.17. The highest BCUT2D eigenvalue weighted by Gasteiger charge is 2.04. The fourth-order valence-electron chi connectivity index (χ4n) is 2.21. The number of likely N-dealkylation sites (N-methyl/N-ethyl adjacent to an activating group) is 1. The molecule has 0 atom stereocenters. The predicted molar refractivity (Wildman–Crippen MR) is 89.2 cm³/mol. The van der Waals surface area contributed by atoms with Crippen molar-refractivity contribution in [2.45, 2.75) is 26.9 Å². The fourth-order valence-corrected chi connectivity index (χ4v) is 2.33. The van der Waals surface area contributed by atoms with Crippen LogP contribution >= 0.6 is 11.6 Å². The van der Waals surface area contributed by atoms with Crippen molar-refractivity contribution in [1.29, 1.82) is 0 Å². The second-order valence-electron chi connectivity index (χ2n) is 5.07. The third kappa shape index (κ3) is 4.76. The van der Waals surface area contributed by atoms with Gasteiger partial charge in [-0.15, -0.1) is 0 Å². The number of rotatable bonds is 7. The summed E-state index contributed by atoms with van der Waals surface area (Å²) in [5, 5.41) is 4.13. The number of ether oxygens (including phenoxy) is 1. The maximum Gasteiger partial charge on any atom is 0.120 e. The van der Waals surface area contributed by atoms with E-state index in [1.807, 2.05) is 25.1 Å². The van der Waals surface area contributed by atoms with Crippen molar-refractivity contribution >= 4 is 11.6 Å². The van der Waals surface area contributed by atoms with Gasteiger partial charge in [0.05, 0.1) is 0 Å². The van der Waals surface area contributed by atoms with Crippen molar-refractivity contribution in [3.63, 3.8) is 0 Å². The molecule has 2 aromatic rings. The van der Waals surface area contributed by atoms with E-state index in [9.17, 15) is 0 Å². The van der Waals surface area contributed by atoms with Crippen LogP contribution in [0.4, 0.5) is 0 Å². The molecule has 0 bridgehead atoms. The first kappa shape index (κ1) is 15.9. The summed E-state index contributed by atoms with van der Waals surface area (Å²) in [5.41, 5.74) is 3.61. The summed E-state index contributed by atoms with van der Waals surface area (Å²) in [4.78, 5) is 0. The van der Waals surface area contributed by atoms with E-state index in [-0.39, 0.29) is 0 Å². The molecule has 0 aromatic heterocycles. The van der Waals surface area contributed by atoms with E-state index < -0.39 is 0 Å². The smallest absolute Gasteiger partial charge is 0.120 e. The van der Waals surface area contributed by atoms with Crippen LogP contribution in [-0.2, 0) is 13.0 Å². The third-order valence-electron chi connectivity index (χ3n) is 3.46. The van der Waals surface area contributed by atoms with Crippen LogP contribution in [-0.4, -0.2) is 13.1 Å². The molecule has 0 saturated heterocycles. The molecule has 2 rings (SSSR count). The lowest BCUT2D eigenvalue weighted by molar-refractivity contribution is 0.304. The second-order valence-corrected chi connectivity index (χ2v) is 5.48. The van der Waals surface area contributed by atoms with Gasteiger partial charge in [-0.2, -0.15) is 0 Å². The Morgan fingerprint density at radius 3 is 2.57 bits per heavy atom. The summed E-state index contributed by atoms with van der Waals surface area (Å²) in [5.74, 6) is 0.860. The molecular weight excluding hydrogens is 282 g/mol. The van der Waals surface area contributed by atoms with Gasteiger partial charge >= 0.3 is 0 Å². The molecule has 0 radical (unpaired) electrons. The van der Waals surface area contributed by atoms with Gasteiger partial charge in [-0.1, -0.05) is 42.8 Å². The van der Waals surface area contributed by atoms with Gasteiger partial charge in [0.2, 0.25) is 0 Å². The molecule has 0 spiro atoms. The SMILES string of the molecule is CCNCCc1ccccc1COc1ccc(Cl)c(C)c1. The van der Waals surface area contributed by atoms with Crippen LogP contribution in [0.25, 0.3) is 0 Å². The van der Waals surface area contributed by atoms with E-state index in [0.717, 1.165) is 35.8 Å². The first-order valence-electron chi connectivity index (χ1n) is 7.37.